The normalized spacial score (nSPS) is 14.4. The fourth-order valence-corrected chi connectivity index (χ4v) is 4.96. The molecule has 1 amide bonds. The van der Waals surface area contributed by atoms with Gasteiger partial charge in [-0.05, 0) is 53.6 Å². The van der Waals surface area contributed by atoms with E-state index in [1.807, 2.05) is 30.3 Å². The minimum Gasteiger partial charge on any atom is -0.365 e. The van der Waals surface area contributed by atoms with Gasteiger partial charge in [-0.15, -0.1) is 11.3 Å². The summed E-state index contributed by atoms with van der Waals surface area (Å²) < 4.78 is 66.7. The number of aromatic nitrogens is 1. The molecule has 1 unspecified atom stereocenters. The summed E-state index contributed by atoms with van der Waals surface area (Å²) in [4.78, 5) is 22.6. The van der Waals surface area contributed by atoms with Crippen LogP contribution >= 0.6 is 11.3 Å². The highest BCUT2D eigenvalue weighted by Crippen LogP contribution is 2.35. The van der Waals surface area contributed by atoms with Crippen molar-refractivity contribution in [2.75, 3.05) is 10.6 Å². The van der Waals surface area contributed by atoms with Gasteiger partial charge in [0.25, 0.3) is 5.91 Å². The zero-order chi connectivity index (χ0) is 28.4. The maximum absolute atomic E-state index is 13.5. The van der Waals surface area contributed by atoms with Crippen molar-refractivity contribution < 1.29 is 26.7 Å². The topological polar surface area (TPSA) is 104 Å². The molecule has 40 heavy (non-hydrogen) atoms. The molecule has 4 aromatic rings. The number of amides is 1. The molecule has 0 fully saturated rings. The second-order valence-electron chi connectivity index (χ2n) is 8.84. The molecular formula is C27H21F5N6OS. The Morgan fingerprint density at radius 1 is 1.02 bits per heavy atom. The predicted octanol–water partition coefficient (Wildman–Crippen LogP) is 6.06. The highest BCUT2D eigenvalue weighted by atomic mass is 32.1. The minimum absolute atomic E-state index is 0.0607. The lowest BCUT2D eigenvalue weighted by Gasteiger charge is -2.18. The van der Waals surface area contributed by atoms with Gasteiger partial charge in [0.15, 0.2) is 11.6 Å². The third-order valence-electron chi connectivity index (χ3n) is 6.10. The van der Waals surface area contributed by atoms with Crippen molar-refractivity contribution in [3.05, 3.63) is 99.6 Å². The van der Waals surface area contributed by atoms with Crippen LogP contribution in [0.25, 0.3) is 10.4 Å². The molecule has 1 aliphatic heterocycles. The lowest BCUT2D eigenvalue weighted by molar-refractivity contribution is -0.137. The number of benzene rings is 2. The second-order valence-corrected chi connectivity index (χ2v) is 10.0. The second kappa shape index (κ2) is 11.0. The average molecular weight is 573 g/mol. The number of carbonyl (C=O) groups excluding carboxylic acids is 1. The SMILES string of the molecule is NC1N=CNc2ccc(-c3ccc(CNc4ncc(C(F)(F)F)cc4C(=O)NCc4ccc(F)c(F)c4)s3)cc21. The summed E-state index contributed by atoms with van der Waals surface area (Å²) in [5.41, 5.74) is 7.50. The Balaban J connectivity index is 1.32. The van der Waals surface area contributed by atoms with E-state index in [1.54, 1.807) is 6.34 Å². The number of alkyl halides is 3. The molecule has 0 bridgehead atoms. The van der Waals surface area contributed by atoms with Gasteiger partial charge in [0.05, 0.1) is 24.0 Å². The smallest absolute Gasteiger partial charge is 0.365 e. The maximum atomic E-state index is 13.5. The van der Waals surface area contributed by atoms with Crippen LogP contribution in [0.2, 0.25) is 0 Å². The van der Waals surface area contributed by atoms with E-state index in [0.717, 1.165) is 38.7 Å². The van der Waals surface area contributed by atoms with E-state index >= 15 is 0 Å². The molecule has 0 saturated heterocycles. The van der Waals surface area contributed by atoms with E-state index in [9.17, 15) is 26.7 Å². The Bertz CT molecular complexity index is 1600. The summed E-state index contributed by atoms with van der Waals surface area (Å²) in [6.45, 7) is -0.0476. The summed E-state index contributed by atoms with van der Waals surface area (Å²) in [7, 11) is 0. The summed E-state index contributed by atoms with van der Waals surface area (Å²) in [5, 5.41) is 8.42. The number of rotatable bonds is 7. The number of nitrogens with one attached hydrogen (secondary N) is 3. The monoisotopic (exact) mass is 572 g/mol. The molecule has 0 radical (unpaired) electrons. The first-order chi connectivity index (χ1) is 19.1. The molecule has 1 aliphatic rings. The van der Waals surface area contributed by atoms with Crippen LogP contribution in [-0.4, -0.2) is 17.2 Å². The van der Waals surface area contributed by atoms with Crippen LogP contribution < -0.4 is 21.7 Å². The van der Waals surface area contributed by atoms with E-state index in [0.29, 0.717) is 12.3 Å². The van der Waals surface area contributed by atoms with Crippen LogP contribution in [0.15, 0.2) is 65.8 Å². The van der Waals surface area contributed by atoms with Gasteiger partial charge < -0.3 is 21.7 Å². The van der Waals surface area contributed by atoms with Crippen molar-refractivity contribution in [2.24, 2.45) is 10.7 Å². The first kappa shape index (κ1) is 27.2. The number of fused-ring (bicyclic) bond motifs is 1. The van der Waals surface area contributed by atoms with E-state index in [4.69, 9.17) is 5.73 Å². The molecule has 0 aliphatic carbocycles. The fraction of sp³-hybridized carbons (Fsp3) is 0.148. The van der Waals surface area contributed by atoms with Crippen molar-refractivity contribution in [3.8, 4) is 10.4 Å². The average Bonchev–Trinajstić information content (AvgIpc) is 3.41. The molecule has 2 aromatic heterocycles. The summed E-state index contributed by atoms with van der Waals surface area (Å²) in [6.07, 6.45) is -3.01. The molecule has 13 heteroatoms. The molecule has 3 heterocycles. The maximum Gasteiger partial charge on any atom is 0.417 e. The van der Waals surface area contributed by atoms with Crippen LogP contribution in [0.4, 0.5) is 33.5 Å². The van der Waals surface area contributed by atoms with Gasteiger partial charge in [-0.2, -0.15) is 13.2 Å². The zero-order valence-electron chi connectivity index (χ0n) is 20.5. The lowest BCUT2D eigenvalue weighted by atomic mass is 10.0. The number of carbonyl (C=O) groups is 1. The highest BCUT2D eigenvalue weighted by molar-refractivity contribution is 7.15. The van der Waals surface area contributed by atoms with Gasteiger partial charge in [-0.3, -0.25) is 9.79 Å². The quantitative estimate of drug-likeness (QED) is 0.202. The summed E-state index contributed by atoms with van der Waals surface area (Å²) in [5.74, 6) is -3.08. The third-order valence-corrected chi connectivity index (χ3v) is 7.23. The largest absolute Gasteiger partial charge is 0.417 e. The van der Waals surface area contributed by atoms with E-state index < -0.39 is 35.4 Å². The Kier molecular flexibility index (Phi) is 7.50. The number of aliphatic imine (C=N–C) groups is 1. The standard InChI is InChI=1S/C27H21F5N6OS/c28-20-4-1-14(7-21(20)29)10-36-26(39)19-9-16(27(30,31)32)11-34-25(19)35-12-17-3-6-23(40-17)15-2-5-22-18(8-15)24(33)38-13-37-22/h1-9,11,13,24H,10,12,33H2,(H,34,35)(H,36,39)(H,37,38). The van der Waals surface area contributed by atoms with Gasteiger partial charge in [-0.25, -0.2) is 13.8 Å². The van der Waals surface area contributed by atoms with Crippen molar-refractivity contribution in [2.45, 2.75) is 25.4 Å². The molecule has 2 aromatic carbocycles. The third kappa shape index (κ3) is 5.95. The first-order valence-electron chi connectivity index (χ1n) is 11.9. The van der Waals surface area contributed by atoms with Gasteiger partial charge in [0.1, 0.15) is 12.0 Å². The Morgan fingerprint density at radius 2 is 1.85 bits per heavy atom. The number of hydrogen-bond donors (Lipinski definition) is 4. The van der Waals surface area contributed by atoms with E-state index in [2.05, 4.69) is 25.9 Å². The van der Waals surface area contributed by atoms with Crippen LogP contribution in [0.5, 0.6) is 0 Å². The molecule has 0 spiro atoms. The zero-order valence-corrected chi connectivity index (χ0v) is 21.3. The summed E-state index contributed by atoms with van der Waals surface area (Å²) >= 11 is 1.45. The fourth-order valence-electron chi connectivity index (χ4n) is 4.02. The van der Waals surface area contributed by atoms with Crippen molar-refractivity contribution >= 4 is 35.1 Å². The molecule has 5 N–H and O–H groups in total. The Morgan fingerprint density at radius 3 is 2.62 bits per heavy atom. The van der Waals surface area contributed by atoms with Crippen LogP contribution in [0.1, 0.15) is 38.1 Å². The van der Waals surface area contributed by atoms with Crippen LogP contribution in [0, 0.1) is 11.6 Å². The van der Waals surface area contributed by atoms with Crippen LogP contribution in [0.3, 0.4) is 0 Å². The number of halogens is 5. The first-order valence-corrected chi connectivity index (χ1v) is 12.7. The van der Waals surface area contributed by atoms with E-state index in [-0.39, 0.29) is 30.0 Å². The van der Waals surface area contributed by atoms with Crippen molar-refractivity contribution in [1.82, 2.24) is 10.3 Å². The lowest BCUT2D eigenvalue weighted by Crippen LogP contribution is -2.25. The summed E-state index contributed by atoms with van der Waals surface area (Å²) in [6, 6.07) is 13.3. The number of nitrogens with two attached hydrogens (primary N) is 1. The minimum atomic E-state index is -4.72. The van der Waals surface area contributed by atoms with Crippen LogP contribution in [-0.2, 0) is 19.3 Å². The number of nitrogens with zero attached hydrogens (tertiary/aromatic N) is 2. The molecule has 1 atom stereocenters. The van der Waals surface area contributed by atoms with Gasteiger partial charge >= 0.3 is 6.18 Å². The molecule has 0 saturated carbocycles. The molecule has 206 valence electrons. The number of pyridine rings is 1. The Labute approximate surface area is 229 Å². The number of hydrogen-bond acceptors (Lipinski definition) is 7. The molecule has 7 nitrogen and oxygen atoms in total. The molecule has 5 rings (SSSR count). The Hall–Kier alpha value is -4.36. The number of thiophene rings is 1. The molecular weight excluding hydrogens is 551 g/mol. The van der Waals surface area contributed by atoms with Gasteiger partial charge in [0.2, 0.25) is 0 Å². The predicted molar refractivity (Wildman–Crippen MR) is 143 cm³/mol. The number of anilines is 2. The van der Waals surface area contributed by atoms with Gasteiger partial charge in [-0.1, -0.05) is 12.1 Å². The highest BCUT2D eigenvalue weighted by Gasteiger charge is 2.32. The van der Waals surface area contributed by atoms with Gasteiger partial charge in [0, 0.05) is 33.7 Å². The van der Waals surface area contributed by atoms with E-state index in [1.165, 1.54) is 17.4 Å². The van der Waals surface area contributed by atoms with Crippen molar-refractivity contribution in [3.63, 3.8) is 0 Å². The van der Waals surface area contributed by atoms with Crippen molar-refractivity contribution in [1.29, 1.82) is 0 Å².